The maximum absolute atomic E-state index is 13.1. The standard InChI is InChI=1S/C24H21N3O5S/c1-3-31-23(30)21-16(2)26-24(33-21)27(14-18-7-5-4-6-8-18)20(28)15-32-22(29)19-11-9-17(13-25)10-12-19/h4-12H,3,14-15H2,1-2H3. The lowest BCUT2D eigenvalue weighted by Gasteiger charge is -2.20. The first-order valence-corrected chi connectivity index (χ1v) is 10.9. The van der Waals surface area contributed by atoms with E-state index in [9.17, 15) is 14.4 Å². The van der Waals surface area contributed by atoms with Crippen LogP contribution in [0.1, 0.15) is 43.8 Å². The molecule has 1 heterocycles. The number of esters is 2. The molecule has 3 rings (SSSR count). The maximum Gasteiger partial charge on any atom is 0.350 e. The predicted molar refractivity (Wildman–Crippen MR) is 122 cm³/mol. The Bertz CT molecular complexity index is 1180. The van der Waals surface area contributed by atoms with Crippen molar-refractivity contribution in [2.75, 3.05) is 18.1 Å². The Hall–Kier alpha value is -4.03. The van der Waals surface area contributed by atoms with Gasteiger partial charge in [0.15, 0.2) is 11.7 Å². The summed E-state index contributed by atoms with van der Waals surface area (Å²) < 4.78 is 10.3. The molecule has 0 spiro atoms. The molecule has 0 fully saturated rings. The molecule has 0 aliphatic carbocycles. The molecular formula is C24H21N3O5S. The molecule has 0 atom stereocenters. The van der Waals surface area contributed by atoms with Crippen LogP contribution in [0.5, 0.6) is 0 Å². The number of thiazole rings is 1. The van der Waals surface area contributed by atoms with E-state index in [0.717, 1.165) is 16.9 Å². The van der Waals surface area contributed by atoms with Crippen molar-refractivity contribution in [1.29, 1.82) is 5.26 Å². The quantitative estimate of drug-likeness (QED) is 0.466. The van der Waals surface area contributed by atoms with Crippen molar-refractivity contribution in [2.45, 2.75) is 20.4 Å². The molecular weight excluding hydrogens is 442 g/mol. The summed E-state index contributed by atoms with van der Waals surface area (Å²) in [5.74, 6) is -1.68. The van der Waals surface area contributed by atoms with Gasteiger partial charge in [-0.1, -0.05) is 41.7 Å². The first kappa shape index (κ1) is 23.6. The molecule has 0 bridgehead atoms. The number of nitriles is 1. The Balaban J connectivity index is 1.79. The Kier molecular flexibility index (Phi) is 7.89. The van der Waals surface area contributed by atoms with E-state index in [0.29, 0.717) is 21.3 Å². The van der Waals surface area contributed by atoms with Gasteiger partial charge in [-0.15, -0.1) is 0 Å². The SMILES string of the molecule is CCOC(=O)c1sc(N(Cc2ccccc2)C(=O)COC(=O)c2ccc(C#N)cc2)nc1C. The van der Waals surface area contributed by atoms with E-state index in [1.54, 1.807) is 13.8 Å². The molecule has 0 aliphatic rings. The minimum Gasteiger partial charge on any atom is -0.462 e. The number of hydrogen-bond acceptors (Lipinski definition) is 8. The van der Waals surface area contributed by atoms with E-state index < -0.39 is 24.5 Å². The lowest BCUT2D eigenvalue weighted by atomic mass is 10.1. The highest BCUT2D eigenvalue weighted by Crippen LogP contribution is 2.28. The van der Waals surface area contributed by atoms with Crippen LogP contribution in [-0.2, 0) is 20.8 Å². The molecule has 8 nitrogen and oxygen atoms in total. The number of rotatable bonds is 8. The average Bonchev–Trinajstić information content (AvgIpc) is 3.23. The molecule has 0 unspecified atom stereocenters. The van der Waals surface area contributed by atoms with E-state index in [1.807, 2.05) is 36.4 Å². The molecule has 2 aromatic carbocycles. The van der Waals surface area contributed by atoms with Gasteiger partial charge >= 0.3 is 11.9 Å². The van der Waals surface area contributed by atoms with Crippen LogP contribution in [0.4, 0.5) is 5.13 Å². The number of hydrogen-bond donors (Lipinski definition) is 0. The van der Waals surface area contributed by atoms with Crippen molar-refractivity contribution in [2.24, 2.45) is 0 Å². The van der Waals surface area contributed by atoms with Gasteiger partial charge in [-0.25, -0.2) is 14.6 Å². The molecule has 1 amide bonds. The number of carbonyl (C=O) groups is 3. The van der Waals surface area contributed by atoms with E-state index in [1.165, 1.54) is 29.2 Å². The van der Waals surface area contributed by atoms with Crippen LogP contribution in [0.3, 0.4) is 0 Å². The van der Waals surface area contributed by atoms with Gasteiger partial charge in [-0.3, -0.25) is 9.69 Å². The maximum atomic E-state index is 13.1. The van der Waals surface area contributed by atoms with E-state index in [4.69, 9.17) is 14.7 Å². The van der Waals surface area contributed by atoms with Gasteiger partial charge in [0, 0.05) is 0 Å². The molecule has 0 radical (unpaired) electrons. The summed E-state index contributed by atoms with van der Waals surface area (Å²) in [6, 6.07) is 17.2. The lowest BCUT2D eigenvalue weighted by molar-refractivity contribution is -0.121. The number of amides is 1. The number of aromatic nitrogens is 1. The molecule has 9 heteroatoms. The van der Waals surface area contributed by atoms with E-state index >= 15 is 0 Å². The van der Waals surface area contributed by atoms with Crippen molar-refractivity contribution in [3.8, 4) is 6.07 Å². The van der Waals surface area contributed by atoms with Crippen LogP contribution in [-0.4, -0.2) is 36.0 Å². The van der Waals surface area contributed by atoms with Crippen LogP contribution in [0.25, 0.3) is 0 Å². The molecule has 0 saturated carbocycles. The van der Waals surface area contributed by atoms with Gasteiger partial charge in [0.1, 0.15) is 4.88 Å². The first-order valence-electron chi connectivity index (χ1n) is 10.1. The highest BCUT2D eigenvalue weighted by Gasteiger charge is 2.25. The normalized spacial score (nSPS) is 10.2. The van der Waals surface area contributed by atoms with Crippen LogP contribution < -0.4 is 4.90 Å². The number of nitrogens with zero attached hydrogens (tertiary/aromatic N) is 3. The molecule has 33 heavy (non-hydrogen) atoms. The minimum absolute atomic E-state index is 0.184. The topological polar surface area (TPSA) is 110 Å². The molecule has 0 aliphatic heterocycles. The van der Waals surface area contributed by atoms with Gasteiger partial charge in [0.05, 0.1) is 36.0 Å². The summed E-state index contributed by atoms with van der Waals surface area (Å²) in [6.45, 7) is 3.27. The van der Waals surface area contributed by atoms with Crippen molar-refractivity contribution < 1.29 is 23.9 Å². The number of carbonyl (C=O) groups excluding carboxylic acids is 3. The van der Waals surface area contributed by atoms with Crippen molar-refractivity contribution in [1.82, 2.24) is 4.98 Å². The van der Waals surface area contributed by atoms with Gasteiger partial charge in [-0.05, 0) is 43.7 Å². The second-order valence-electron chi connectivity index (χ2n) is 6.86. The monoisotopic (exact) mass is 463 g/mol. The zero-order valence-electron chi connectivity index (χ0n) is 18.1. The third-order valence-electron chi connectivity index (χ3n) is 4.54. The Morgan fingerprint density at radius 2 is 1.73 bits per heavy atom. The molecule has 0 saturated heterocycles. The fraction of sp³-hybridized carbons (Fsp3) is 0.208. The summed E-state index contributed by atoms with van der Waals surface area (Å²) in [5.41, 5.74) is 1.93. The van der Waals surface area contributed by atoms with Crippen molar-refractivity contribution >= 4 is 34.3 Å². The summed E-state index contributed by atoms with van der Waals surface area (Å²) >= 11 is 1.05. The third kappa shape index (κ3) is 6.02. The largest absolute Gasteiger partial charge is 0.462 e. The van der Waals surface area contributed by atoms with Crippen LogP contribution in [0.15, 0.2) is 54.6 Å². The van der Waals surface area contributed by atoms with Crippen LogP contribution >= 0.6 is 11.3 Å². The first-order chi connectivity index (χ1) is 15.9. The number of ether oxygens (including phenoxy) is 2. The molecule has 0 N–H and O–H groups in total. The van der Waals surface area contributed by atoms with E-state index in [-0.39, 0.29) is 18.7 Å². The number of benzene rings is 2. The second kappa shape index (κ2) is 11.0. The van der Waals surface area contributed by atoms with Gasteiger partial charge in [0.25, 0.3) is 5.91 Å². The predicted octanol–water partition coefficient (Wildman–Crippen LogP) is 3.89. The zero-order valence-corrected chi connectivity index (χ0v) is 18.9. The van der Waals surface area contributed by atoms with Crippen molar-refractivity contribution in [3.05, 3.63) is 81.9 Å². The molecule has 168 valence electrons. The summed E-state index contributed by atoms with van der Waals surface area (Å²) in [6.07, 6.45) is 0. The van der Waals surface area contributed by atoms with Gasteiger partial charge in [0.2, 0.25) is 0 Å². The third-order valence-corrected chi connectivity index (χ3v) is 5.70. The summed E-state index contributed by atoms with van der Waals surface area (Å²) in [7, 11) is 0. The molecule has 3 aromatic rings. The highest BCUT2D eigenvalue weighted by atomic mass is 32.1. The Morgan fingerprint density at radius 3 is 2.36 bits per heavy atom. The van der Waals surface area contributed by atoms with Gasteiger partial charge < -0.3 is 9.47 Å². The average molecular weight is 464 g/mol. The zero-order chi connectivity index (χ0) is 23.8. The van der Waals surface area contributed by atoms with Crippen LogP contribution in [0.2, 0.25) is 0 Å². The molecule has 1 aromatic heterocycles. The summed E-state index contributed by atoms with van der Waals surface area (Å²) in [5, 5.41) is 9.17. The second-order valence-corrected chi connectivity index (χ2v) is 7.84. The van der Waals surface area contributed by atoms with Crippen molar-refractivity contribution in [3.63, 3.8) is 0 Å². The fourth-order valence-corrected chi connectivity index (χ4v) is 3.86. The van der Waals surface area contributed by atoms with E-state index in [2.05, 4.69) is 4.98 Å². The fourth-order valence-electron chi connectivity index (χ4n) is 2.88. The number of anilines is 1. The Morgan fingerprint density at radius 1 is 1.03 bits per heavy atom. The lowest BCUT2D eigenvalue weighted by Crippen LogP contribution is -2.34. The highest BCUT2D eigenvalue weighted by molar-refractivity contribution is 7.17. The Labute approximate surface area is 195 Å². The van der Waals surface area contributed by atoms with Gasteiger partial charge in [-0.2, -0.15) is 5.26 Å². The smallest absolute Gasteiger partial charge is 0.350 e. The van der Waals surface area contributed by atoms with Crippen LogP contribution in [0, 0.1) is 18.3 Å². The number of aryl methyl sites for hydroxylation is 1. The minimum atomic E-state index is -0.685. The summed E-state index contributed by atoms with van der Waals surface area (Å²) in [4.78, 5) is 43.7.